The number of nitriles is 1. The Labute approximate surface area is 101 Å². The Morgan fingerprint density at radius 1 is 1.53 bits per heavy atom. The number of amides is 1. The van der Waals surface area contributed by atoms with E-state index in [9.17, 15) is 4.79 Å². The Balaban J connectivity index is 2.77. The van der Waals surface area contributed by atoms with Crippen molar-refractivity contribution in [1.82, 2.24) is 10.3 Å². The van der Waals surface area contributed by atoms with Gasteiger partial charge in [-0.15, -0.1) is 0 Å². The van der Waals surface area contributed by atoms with E-state index in [4.69, 9.17) is 11.1 Å². The highest BCUT2D eigenvalue weighted by Gasteiger charge is 2.10. The van der Waals surface area contributed by atoms with E-state index in [1.807, 2.05) is 24.1 Å². The second-order valence-electron chi connectivity index (χ2n) is 3.78. The van der Waals surface area contributed by atoms with Gasteiger partial charge in [0.2, 0.25) is 0 Å². The Hall–Kier alpha value is -1.90. The van der Waals surface area contributed by atoms with Crippen molar-refractivity contribution in [1.29, 1.82) is 5.26 Å². The van der Waals surface area contributed by atoms with Crippen molar-refractivity contribution < 1.29 is 4.79 Å². The zero-order valence-electron chi connectivity index (χ0n) is 9.81. The smallest absolute Gasteiger partial charge is 0.265 e. The van der Waals surface area contributed by atoms with Gasteiger partial charge < -0.3 is 4.90 Å². The first kappa shape index (κ1) is 13.2. The molecule has 1 rings (SSSR count). The molecule has 0 saturated carbocycles. The van der Waals surface area contributed by atoms with Crippen LogP contribution in [-0.2, 0) is 6.54 Å². The minimum absolute atomic E-state index is 0.297. The van der Waals surface area contributed by atoms with Gasteiger partial charge in [-0.1, -0.05) is 18.2 Å². The highest BCUT2D eigenvalue weighted by Crippen LogP contribution is 2.10. The summed E-state index contributed by atoms with van der Waals surface area (Å²) in [6.07, 6.45) is 0.474. The molecule has 5 nitrogen and oxygen atoms in total. The summed E-state index contributed by atoms with van der Waals surface area (Å²) in [4.78, 5) is 13.5. The van der Waals surface area contributed by atoms with E-state index in [0.29, 0.717) is 25.1 Å². The molecule has 0 radical (unpaired) electrons. The minimum atomic E-state index is -0.297. The second-order valence-corrected chi connectivity index (χ2v) is 3.78. The van der Waals surface area contributed by atoms with Gasteiger partial charge in [-0.05, 0) is 18.7 Å². The zero-order valence-corrected chi connectivity index (χ0v) is 9.81. The van der Waals surface area contributed by atoms with Gasteiger partial charge in [-0.3, -0.25) is 10.2 Å². The Morgan fingerprint density at radius 2 is 2.24 bits per heavy atom. The third-order valence-electron chi connectivity index (χ3n) is 2.44. The van der Waals surface area contributed by atoms with Crippen LogP contribution in [0, 0.1) is 11.3 Å². The molecule has 1 aromatic carbocycles. The highest BCUT2D eigenvalue weighted by molar-refractivity contribution is 5.95. The van der Waals surface area contributed by atoms with Crippen LogP contribution >= 0.6 is 0 Å². The van der Waals surface area contributed by atoms with Crippen molar-refractivity contribution in [3.05, 3.63) is 35.4 Å². The minimum Gasteiger partial charge on any atom is -0.301 e. The monoisotopic (exact) mass is 232 g/mol. The lowest BCUT2D eigenvalue weighted by atomic mass is 10.1. The largest absolute Gasteiger partial charge is 0.301 e. The Morgan fingerprint density at radius 3 is 2.88 bits per heavy atom. The van der Waals surface area contributed by atoms with Crippen LogP contribution in [0.4, 0.5) is 0 Å². The van der Waals surface area contributed by atoms with E-state index in [1.165, 1.54) is 0 Å². The molecule has 0 unspecified atom stereocenters. The number of benzene rings is 1. The van der Waals surface area contributed by atoms with E-state index in [0.717, 1.165) is 5.56 Å². The standard InChI is InChI=1S/C12H16N4O/c1-16(8-4-7-13)9-10-5-2-3-6-11(10)12(17)15-14/h2-3,5-6H,4,8-9,14H2,1H3,(H,15,17). The number of hydrazine groups is 1. The molecule has 0 bridgehead atoms. The van der Waals surface area contributed by atoms with E-state index in [-0.39, 0.29) is 5.91 Å². The first-order chi connectivity index (χ1) is 8.19. The molecule has 0 heterocycles. The van der Waals surface area contributed by atoms with E-state index in [1.54, 1.807) is 12.1 Å². The van der Waals surface area contributed by atoms with Gasteiger partial charge in [-0.2, -0.15) is 5.26 Å². The van der Waals surface area contributed by atoms with Crippen molar-refractivity contribution in [3.63, 3.8) is 0 Å². The molecule has 0 saturated heterocycles. The van der Waals surface area contributed by atoms with Crippen molar-refractivity contribution >= 4 is 5.91 Å². The van der Waals surface area contributed by atoms with Crippen LogP contribution in [0.15, 0.2) is 24.3 Å². The average Bonchev–Trinajstić information content (AvgIpc) is 2.36. The molecule has 0 spiro atoms. The molecule has 0 aliphatic heterocycles. The van der Waals surface area contributed by atoms with Gasteiger partial charge in [0.05, 0.1) is 6.07 Å². The molecule has 1 amide bonds. The molecule has 0 aliphatic carbocycles. The molecule has 3 N–H and O–H groups in total. The van der Waals surface area contributed by atoms with Crippen molar-refractivity contribution in [3.8, 4) is 6.07 Å². The van der Waals surface area contributed by atoms with Gasteiger partial charge in [0.15, 0.2) is 0 Å². The van der Waals surface area contributed by atoms with Gasteiger partial charge >= 0.3 is 0 Å². The molecular weight excluding hydrogens is 216 g/mol. The quantitative estimate of drug-likeness (QED) is 0.443. The van der Waals surface area contributed by atoms with Crippen LogP contribution < -0.4 is 11.3 Å². The molecule has 0 atom stereocenters. The Bertz CT molecular complexity index is 425. The molecule has 0 aromatic heterocycles. The fourth-order valence-corrected chi connectivity index (χ4v) is 1.57. The number of nitrogens with one attached hydrogen (secondary N) is 1. The number of hydrogen-bond acceptors (Lipinski definition) is 4. The highest BCUT2D eigenvalue weighted by atomic mass is 16.2. The number of nitrogens with two attached hydrogens (primary N) is 1. The summed E-state index contributed by atoms with van der Waals surface area (Å²) in [5, 5.41) is 8.50. The Kier molecular flexibility index (Phi) is 5.14. The average molecular weight is 232 g/mol. The van der Waals surface area contributed by atoms with Crippen molar-refractivity contribution in [2.24, 2.45) is 5.84 Å². The maximum atomic E-state index is 11.5. The van der Waals surface area contributed by atoms with E-state index >= 15 is 0 Å². The van der Waals surface area contributed by atoms with Crippen LogP contribution in [0.5, 0.6) is 0 Å². The van der Waals surface area contributed by atoms with E-state index in [2.05, 4.69) is 11.5 Å². The fourth-order valence-electron chi connectivity index (χ4n) is 1.57. The summed E-state index contributed by atoms with van der Waals surface area (Å²) >= 11 is 0. The summed E-state index contributed by atoms with van der Waals surface area (Å²) in [5.41, 5.74) is 3.60. The molecule has 90 valence electrons. The van der Waals surface area contributed by atoms with Crippen LogP contribution in [0.25, 0.3) is 0 Å². The number of nitrogen functional groups attached to an aromatic ring is 1. The molecule has 0 aliphatic rings. The van der Waals surface area contributed by atoms with Crippen LogP contribution in [-0.4, -0.2) is 24.4 Å². The normalized spacial score (nSPS) is 10.0. The summed E-state index contributed by atoms with van der Waals surface area (Å²) in [7, 11) is 1.91. The SMILES string of the molecule is CN(CCC#N)Cc1ccccc1C(=O)NN. The summed E-state index contributed by atoms with van der Waals surface area (Å²) < 4.78 is 0. The van der Waals surface area contributed by atoms with Gasteiger partial charge in [-0.25, -0.2) is 5.84 Å². The van der Waals surface area contributed by atoms with Crippen molar-refractivity contribution in [2.45, 2.75) is 13.0 Å². The summed E-state index contributed by atoms with van der Waals surface area (Å²) in [5.74, 6) is 4.83. The molecule has 17 heavy (non-hydrogen) atoms. The predicted octanol–water partition coefficient (Wildman–Crippen LogP) is 0.636. The number of carbonyl (C=O) groups is 1. The maximum absolute atomic E-state index is 11.5. The summed E-state index contributed by atoms with van der Waals surface area (Å²) in [6.45, 7) is 1.29. The molecule has 0 fully saturated rings. The number of rotatable bonds is 5. The third-order valence-corrected chi connectivity index (χ3v) is 2.44. The second kappa shape index (κ2) is 6.63. The number of hydrogen-bond donors (Lipinski definition) is 2. The van der Waals surface area contributed by atoms with Crippen LogP contribution in [0.2, 0.25) is 0 Å². The van der Waals surface area contributed by atoms with Gasteiger partial charge in [0, 0.05) is 25.1 Å². The lowest BCUT2D eigenvalue weighted by Crippen LogP contribution is -2.31. The maximum Gasteiger partial charge on any atom is 0.265 e. The number of carbonyl (C=O) groups excluding carboxylic acids is 1. The lowest BCUT2D eigenvalue weighted by molar-refractivity contribution is 0.0952. The van der Waals surface area contributed by atoms with Gasteiger partial charge in [0.25, 0.3) is 5.91 Å². The van der Waals surface area contributed by atoms with Gasteiger partial charge in [0.1, 0.15) is 0 Å². The van der Waals surface area contributed by atoms with Crippen LogP contribution in [0.1, 0.15) is 22.3 Å². The molecule has 1 aromatic rings. The molecule has 5 heteroatoms. The van der Waals surface area contributed by atoms with Crippen LogP contribution in [0.3, 0.4) is 0 Å². The summed E-state index contributed by atoms with van der Waals surface area (Å²) in [6, 6.07) is 9.38. The molecular formula is C12H16N4O. The number of nitrogens with zero attached hydrogens (tertiary/aromatic N) is 2. The third kappa shape index (κ3) is 3.87. The van der Waals surface area contributed by atoms with Crippen molar-refractivity contribution in [2.75, 3.05) is 13.6 Å². The topological polar surface area (TPSA) is 82.2 Å². The predicted molar refractivity (Wildman–Crippen MR) is 64.7 cm³/mol. The first-order valence-corrected chi connectivity index (χ1v) is 5.33. The zero-order chi connectivity index (χ0) is 12.7. The lowest BCUT2D eigenvalue weighted by Gasteiger charge is -2.16. The fraction of sp³-hybridized carbons (Fsp3) is 0.333. The first-order valence-electron chi connectivity index (χ1n) is 5.33. The van der Waals surface area contributed by atoms with E-state index < -0.39 is 0 Å².